The Bertz CT molecular complexity index is 291. The second kappa shape index (κ2) is 6.57. The van der Waals surface area contributed by atoms with Crippen LogP contribution in [0.25, 0.3) is 0 Å². The molecule has 0 bridgehead atoms. The largest absolute Gasteiger partial charge is 0.330 e. The molecule has 0 saturated carbocycles. The fourth-order valence-corrected chi connectivity index (χ4v) is 2.55. The van der Waals surface area contributed by atoms with E-state index in [2.05, 4.69) is 0 Å². The predicted octanol–water partition coefficient (Wildman–Crippen LogP) is 3.58. The fourth-order valence-electron chi connectivity index (χ4n) is 1.01. The molecule has 2 N–H and O–H groups in total. The van der Waals surface area contributed by atoms with Crippen LogP contribution in [0, 0.1) is 0 Å². The summed E-state index contributed by atoms with van der Waals surface area (Å²) in [4.78, 5) is 0. The van der Waals surface area contributed by atoms with Gasteiger partial charge in [0, 0.05) is 15.8 Å². The van der Waals surface area contributed by atoms with Gasteiger partial charge in [0.25, 0.3) is 0 Å². The minimum absolute atomic E-state index is 0.686. The van der Waals surface area contributed by atoms with Crippen molar-refractivity contribution in [3.05, 3.63) is 33.8 Å². The van der Waals surface area contributed by atoms with Crippen LogP contribution < -0.4 is 5.73 Å². The molecule has 1 nitrogen and oxygen atoms in total. The first-order valence-corrected chi connectivity index (χ1v) is 6.37. The first-order valence-electron chi connectivity index (χ1n) is 4.46. The van der Waals surface area contributed by atoms with Gasteiger partial charge in [-0.15, -0.1) is 0 Å². The molecule has 0 fully saturated rings. The van der Waals surface area contributed by atoms with Gasteiger partial charge in [0.2, 0.25) is 0 Å². The Balaban J connectivity index is 2.42. The third-order valence-corrected chi connectivity index (χ3v) is 3.44. The molecule has 0 spiro atoms. The lowest BCUT2D eigenvalue weighted by atomic mass is 10.2. The van der Waals surface area contributed by atoms with Gasteiger partial charge in [-0.3, -0.25) is 0 Å². The van der Waals surface area contributed by atoms with E-state index in [0.29, 0.717) is 5.02 Å². The van der Waals surface area contributed by atoms with Gasteiger partial charge in [0.1, 0.15) is 0 Å². The topological polar surface area (TPSA) is 26.0 Å². The summed E-state index contributed by atoms with van der Waals surface area (Å²) in [5.41, 5.74) is 6.54. The second-order valence-corrected chi connectivity index (χ2v) is 4.88. The molecule has 0 saturated heterocycles. The second-order valence-electron chi connectivity index (χ2n) is 2.93. The summed E-state index contributed by atoms with van der Waals surface area (Å²) < 4.78 is 0. The Hall–Kier alpha value is 0.110. The molecule has 1 aromatic carbocycles. The zero-order chi connectivity index (χ0) is 10.4. The maximum Gasteiger partial charge on any atom is 0.0461 e. The molecule has 0 radical (unpaired) electrons. The standard InChI is InChI=1S/C10H13Cl2NS/c11-9-3-2-8(10(12)6-9)7-14-5-1-4-13/h2-3,6H,1,4-5,7,13H2. The maximum absolute atomic E-state index is 6.02. The van der Waals surface area contributed by atoms with Crippen molar-refractivity contribution in [2.24, 2.45) is 5.73 Å². The Morgan fingerprint density at radius 2 is 2.07 bits per heavy atom. The van der Waals surface area contributed by atoms with Gasteiger partial charge in [-0.2, -0.15) is 11.8 Å². The van der Waals surface area contributed by atoms with Gasteiger partial charge in [-0.1, -0.05) is 29.3 Å². The molecule has 0 aliphatic carbocycles. The summed E-state index contributed by atoms with van der Waals surface area (Å²) in [5.74, 6) is 2.01. The van der Waals surface area contributed by atoms with E-state index < -0.39 is 0 Å². The summed E-state index contributed by atoms with van der Waals surface area (Å²) in [6, 6.07) is 5.62. The molecular formula is C10H13Cl2NS. The molecule has 0 unspecified atom stereocenters. The molecular weight excluding hydrogens is 237 g/mol. The van der Waals surface area contributed by atoms with Gasteiger partial charge in [-0.05, 0) is 36.4 Å². The van der Waals surface area contributed by atoms with E-state index in [-0.39, 0.29) is 0 Å². The predicted molar refractivity (Wildman–Crippen MR) is 66.3 cm³/mol. The van der Waals surface area contributed by atoms with Gasteiger partial charge in [0.05, 0.1) is 0 Å². The Labute approximate surface area is 99.0 Å². The van der Waals surface area contributed by atoms with Crippen LogP contribution in [0.1, 0.15) is 12.0 Å². The molecule has 1 aromatic rings. The average Bonchev–Trinajstić information content (AvgIpc) is 2.15. The molecule has 0 aromatic heterocycles. The summed E-state index contributed by atoms with van der Waals surface area (Å²) >= 11 is 13.7. The van der Waals surface area contributed by atoms with Crippen molar-refractivity contribution in [2.45, 2.75) is 12.2 Å². The Morgan fingerprint density at radius 1 is 1.29 bits per heavy atom. The van der Waals surface area contributed by atoms with E-state index in [1.165, 1.54) is 0 Å². The summed E-state index contributed by atoms with van der Waals surface area (Å²) in [5, 5.41) is 1.43. The zero-order valence-electron chi connectivity index (χ0n) is 7.80. The molecule has 0 aliphatic heterocycles. The summed E-state index contributed by atoms with van der Waals surface area (Å²) in [6.45, 7) is 0.751. The van der Waals surface area contributed by atoms with Crippen molar-refractivity contribution in [3.63, 3.8) is 0 Å². The lowest BCUT2D eigenvalue weighted by Gasteiger charge is -2.04. The van der Waals surface area contributed by atoms with Crippen molar-refractivity contribution in [1.82, 2.24) is 0 Å². The van der Waals surface area contributed by atoms with Crippen molar-refractivity contribution in [1.29, 1.82) is 0 Å². The number of halogens is 2. The molecule has 14 heavy (non-hydrogen) atoms. The van der Waals surface area contributed by atoms with E-state index in [1.807, 2.05) is 23.9 Å². The van der Waals surface area contributed by atoms with E-state index >= 15 is 0 Å². The molecule has 0 aliphatic rings. The van der Waals surface area contributed by atoms with E-state index in [1.54, 1.807) is 6.07 Å². The quantitative estimate of drug-likeness (QED) is 0.808. The van der Waals surface area contributed by atoms with Gasteiger partial charge in [-0.25, -0.2) is 0 Å². The number of benzene rings is 1. The van der Waals surface area contributed by atoms with Gasteiger partial charge in [0.15, 0.2) is 0 Å². The molecule has 78 valence electrons. The highest BCUT2D eigenvalue weighted by atomic mass is 35.5. The highest BCUT2D eigenvalue weighted by Crippen LogP contribution is 2.24. The van der Waals surface area contributed by atoms with Crippen LogP contribution >= 0.6 is 35.0 Å². The van der Waals surface area contributed by atoms with Crippen LogP contribution in [0.5, 0.6) is 0 Å². The monoisotopic (exact) mass is 249 g/mol. The smallest absolute Gasteiger partial charge is 0.0461 e. The molecule has 0 heterocycles. The third-order valence-electron chi connectivity index (χ3n) is 1.77. The van der Waals surface area contributed by atoms with E-state index in [0.717, 1.165) is 35.1 Å². The first kappa shape index (κ1) is 12.2. The third kappa shape index (κ3) is 4.09. The van der Waals surface area contributed by atoms with Crippen molar-refractivity contribution in [3.8, 4) is 0 Å². The zero-order valence-corrected chi connectivity index (χ0v) is 10.1. The molecule has 1 rings (SSSR count). The van der Waals surface area contributed by atoms with Crippen molar-refractivity contribution < 1.29 is 0 Å². The lowest BCUT2D eigenvalue weighted by Crippen LogP contribution is -1.99. The van der Waals surface area contributed by atoms with Crippen LogP contribution in [0.4, 0.5) is 0 Å². The summed E-state index contributed by atoms with van der Waals surface area (Å²) in [6.07, 6.45) is 1.05. The van der Waals surface area contributed by atoms with Crippen molar-refractivity contribution >= 4 is 35.0 Å². The minimum atomic E-state index is 0.686. The highest BCUT2D eigenvalue weighted by Gasteiger charge is 2.00. The highest BCUT2D eigenvalue weighted by molar-refractivity contribution is 7.98. The number of hydrogen-bond acceptors (Lipinski definition) is 2. The molecule has 0 amide bonds. The molecule has 4 heteroatoms. The fraction of sp³-hybridized carbons (Fsp3) is 0.400. The number of nitrogens with two attached hydrogens (primary N) is 1. The van der Waals surface area contributed by atoms with Crippen LogP contribution in [0.3, 0.4) is 0 Å². The Morgan fingerprint density at radius 3 is 2.71 bits per heavy atom. The normalized spacial score (nSPS) is 10.5. The lowest BCUT2D eigenvalue weighted by molar-refractivity contribution is 0.943. The van der Waals surface area contributed by atoms with Crippen molar-refractivity contribution in [2.75, 3.05) is 12.3 Å². The van der Waals surface area contributed by atoms with E-state index in [9.17, 15) is 0 Å². The van der Waals surface area contributed by atoms with Crippen LogP contribution in [-0.4, -0.2) is 12.3 Å². The summed E-state index contributed by atoms with van der Waals surface area (Å²) in [7, 11) is 0. The van der Waals surface area contributed by atoms with E-state index in [4.69, 9.17) is 28.9 Å². The Kier molecular flexibility index (Phi) is 5.71. The minimum Gasteiger partial charge on any atom is -0.330 e. The van der Waals surface area contributed by atoms with Crippen LogP contribution in [0.15, 0.2) is 18.2 Å². The average molecular weight is 250 g/mol. The molecule has 0 atom stereocenters. The van der Waals surface area contributed by atoms with Gasteiger partial charge < -0.3 is 5.73 Å². The maximum atomic E-state index is 6.02. The first-order chi connectivity index (χ1) is 6.74. The van der Waals surface area contributed by atoms with Gasteiger partial charge >= 0.3 is 0 Å². The van der Waals surface area contributed by atoms with Crippen LogP contribution in [0.2, 0.25) is 10.0 Å². The number of hydrogen-bond donors (Lipinski definition) is 1. The SMILES string of the molecule is NCCCSCc1ccc(Cl)cc1Cl. The number of thioether (sulfide) groups is 1. The number of rotatable bonds is 5. The van der Waals surface area contributed by atoms with Crippen LogP contribution in [-0.2, 0) is 5.75 Å².